The van der Waals surface area contributed by atoms with E-state index in [-0.39, 0.29) is 5.82 Å². The molecule has 0 N–H and O–H groups in total. The minimum atomic E-state index is -0.377. The van der Waals surface area contributed by atoms with Crippen molar-refractivity contribution in [3.05, 3.63) is 71.7 Å². The molecule has 0 fully saturated rings. The van der Waals surface area contributed by atoms with E-state index in [0.29, 0.717) is 11.5 Å². The molecule has 21 heavy (non-hydrogen) atoms. The summed E-state index contributed by atoms with van der Waals surface area (Å²) < 4.78 is 14.5. The van der Waals surface area contributed by atoms with E-state index in [4.69, 9.17) is 0 Å². The average Bonchev–Trinajstić information content (AvgIpc) is 2.88. The molecule has 5 heteroatoms. The van der Waals surface area contributed by atoms with Gasteiger partial charge in [0, 0.05) is 12.4 Å². The third-order valence-corrected chi connectivity index (χ3v) is 2.84. The van der Waals surface area contributed by atoms with Crippen LogP contribution >= 0.6 is 0 Å². The average molecular weight is 278 g/mol. The van der Waals surface area contributed by atoms with Crippen LogP contribution in [-0.4, -0.2) is 19.7 Å². The molecule has 0 bridgehead atoms. The monoisotopic (exact) mass is 278 g/mol. The molecule has 4 nitrogen and oxygen atoms in total. The number of hydrogen-bond acceptors (Lipinski definition) is 3. The third kappa shape index (κ3) is 2.95. The van der Waals surface area contributed by atoms with Crippen molar-refractivity contribution < 1.29 is 4.39 Å². The molecular formula is C16H11FN4. The van der Waals surface area contributed by atoms with E-state index < -0.39 is 0 Å². The van der Waals surface area contributed by atoms with Crippen LogP contribution in [0, 0.1) is 24.6 Å². The van der Waals surface area contributed by atoms with Gasteiger partial charge in [-0.25, -0.2) is 19.0 Å². The van der Waals surface area contributed by atoms with Crippen LogP contribution in [0.2, 0.25) is 0 Å². The van der Waals surface area contributed by atoms with Gasteiger partial charge in [-0.15, -0.1) is 0 Å². The lowest BCUT2D eigenvalue weighted by Gasteiger charge is -1.98. The predicted molar refractivity (Wildman–Crippen MR) is 76.3 cm³/mol. The standard InChI is InChI=1S/C16H11FN4/c1-12-13(5-7-15-4-2-3-9-18-15)11-21(20-12)16-8-6-14(17)10-19-16/h2-4,6,8-11H,1H3. The fraction of sp³-hybridized carbons (Fsp3) is 0.0625. The van der Waals surface area contributed by atoms with Crippen molar-refractivity contribution in [2.45, 2.75) is 6.92 Å². The Labute approximate surface area is 121 Å². The SMILES string of the molecule is Cc1nn(-c2ccc(F)cn2)cc1C#Cc1ccccn1. The lowest BCUT2D eigenvalue weighted by atomic mass is 10.2. The van der Waals surface area contributed by atoms with Gasteiger partial charge in [0.25, 0.3) is 0 Å². The van der Waals surface area contributed by atoms with Crippen LogP contribution in [0.4, 0.5) is 4.39 Å². The molecular weight excluding hydrogens is 267 g/mol. The number of aryl methyl sites for hydroxylation is 1. The topological polar surface area (TPSA) is 43.6 Å². The lowest BCUT2D eigenvalue weighted by Crippen LogP contribution is -1.98. The number of hydrogen-bond donors (Lipinski definition) is 0. The maximum Gasteiger partial charge on any atom is 0.153 e. The first-order valence-corrected chi connectivity index (χ1v) is 6.33. The van der Waals surface area contributed by atoms with Crippen molar-refractivity contribution in [3.8, 4) is 17.7 Å². The Morgan fingerprint density at radius 3 is 2.71 bits per heavy atom. The van der Waals surface area contributed by atoms with Crippen molar-refractivity contribution in [3.63, 3.8) is 0 Å². The highest BCUT2D eigenvalue weighted by Gasteiger charge is 2.05. The van der Waals surface area contributed by atoms with Crippen LogP contribution in [0.3, 0.4) is 0 Å². The van der Waals surface area contributed by atoms with Crippen LogP contribution in [0.25, 0.3) is 5.82 Å². The summed E-state index contributed by atoms with van der Waals surface area (Å²) in [5.41, 5.74) is 2.26. The zero-order valence-corrected chi connectivity index (χ0v) is 11.3. The van der Waals surface area contributed by atoms with E-state index in [2.05, 4.69) is 26.9 Å². The van der Waals surface area contributed by atoms with Crippen molar-refractivity contribution >= 4 is 0 Å². The minimum Gasteiger partial charge on any atom is -0.248 e. The Balaban J connectivity index is 1.92. The highest BCUT2D eigenvalue weighted by molar-refractivity contribution is 5.42. The molecule has 3 rings (SSSR count). The highest BCUT2D eigenvalue weighted by atomic mass is 19.1. The molecule has 3 aromatic rings. The smallest absolute Gasteiger partial charge is 0.153 e. The Morgan fingerprint density at radius 1 is 1.10 bits per heavy atom. The molecule has 0 amide bonds. The number of halogens is 1. The molecule has 0 radical (unpaired) electrons. The number of rotatable bonds is 1. The number of aromatic nitrogens is 4. The van der Waals surface area contributed by atoms with Gasteiger partial charge in [0.2, 0.25) is 0 Å². The Hall–Kier alpha value is -3.00. The minimum absolute atomic E-state index is 0.377. The summed E-state index contributed by atoms with van der Waals surface area (Å²) in [6.07, 6.45) is 4.62. The molecule has 0 unspecified atom stereocenters. The lowest BCUT2D eigenvalue weighted by molar-refractivity contribution is 0.619. The maximum atomic E-state index is 12.9. The van der Waals surface area contributed by atoms with E-state index in [1.165, 1.54) is 6.07 Å². The normalized spacial score (nSPS) is 10.0. The van der Waals surface area contributed by atoms with Gasteiger partial charge in [0.05, 0.1) is 17.5 Å². The predicted octanol–water partition coefficient (Wildman–Crippen LogP) is 2.51. The highest BCUT2D eigenvalue weighted by Crippen LogP contribution is 2.09. The first kappa shape index (κ1) is 13.0. The molecule has 0 aliphatic carbocycles. The van der Waals surface area contributed by atoms with Crippen LogP contribution in [0.5, 0.6) is 0 Å². The maximum absolute atomic E-state index is 12.9. The molecule has 0 aliphatic heterocycles. The van der Waals surface area contributed by atoms with Gasteiger partial charge in [-0.05, 0) is 37.1 Å². The summed E-state index contributed by atoms with van der Waals surface area (Å²) in [7, 11) is 0. The fourth-order valence-electron chi connectivity index (χ4n) is 1.77. The summed E-state index contributed by atoms with van der Waals surface area (Å²) in [5.74, 6) is 6.18. The molecule has 0 aromatic carbocycles. The first-order chi connectivity index (χ1) is 10.2. The van der Waals surface area contributed by atoms with Gasteiger partial charge in [-0.3, -0.25) is 0 Å². The van der Waals surface area contributed by atoms with Crippen LogP contribution < -0.4 is 0 Å². The first-order valence-electron chi connectivity index (χ1n) is 6.33. The van der Waals surface area contributed by atoms with E-state index in [0.717, 1.165) is 17.5 Å². The van der Waals surface area contributed by atoms with Crippen LogP contribution in [-0.2, 0) is 0 Å². The molecule has 102 valence electrons. The van der Waals surface area contributed by atoms with Crippen molar-refractivity contribution in [1.82, 2.24) is 19.7 Å². The summed E-state index contributed by atoms with van der Waals surface area (Å²) >= 11 is 0. The zero-order valence-electron chi connectivity index (χ0n) is 11.3. The largest absolute Gasteiger partial charge is 0.248 e. The molecule has 0 saturated heterocycles. The second kappa shape index (κ2) is 5.55. The van der Waals surface area contributed by atoms with Gasteiger partial charge in [0.15, 0.2) is 5.82 Å². The van der Waals surface area contributed by atoms with Gasteiger partial charge in [0.1, 0.15) is 11.5 Å². The molecule has 0 saturated carbocycles. The van der Waals surface area contributed by atoms with Crippen LogP contribution in [0.15, 0.2) is 48.9 Å². The molecule has 3 aromatic heterocycles. The van der Waals surface area contributed by atoms with Gasteiger partial charge in [-0.1, -0.05) is 12.0 Å². The molecule has 0 spiro atoms. The second-order valence-corrected chi connectivity index (χ2v) is 4.37. The summed E-state index contributed by atoms with van der Waals surface area (Å²) in [4.78, 5) is 8.13. The van der Waals surface area contributed by atoms with Crippen molar-refractivity contribution in [1.29, 1.82) is 0 Å². The Morgan fingerprint density at radius 2 is 2.00 bits per heavy atom. The summed E-state index contributed by atoms with van der Waals surface area (Å²) in [5, 5.41) is 4.33. The number of pyridine rings is 2. The Kier molecular flexibility index (Phi) is 3.44. The molecule has 0 atom stereocenters. The third-order valence-electron chi connectivity index (χ3n) is 2.84. The quantitative estimate of drug-likeness (QED) is 0.642. The second-order valence-electron chi connectivity index (χ2n) is 4.37. The van der Waals surface area contributed by atoms with E-state index in [1.54, 1.807) is 23.1 Å². The van der Waals surface area contributed by atoms with Crippen molar-refractivity contribution in [2.24, 2.45) is 0 Å². The fourth-order valence-corrected chi connectivity index (χ4v) is 1.77. The molecule has 3 heterocycles. The van der Waals surface area contributed by atoms with E-state index in [9.17, 15) is 4.39 Å². The van der Waals surface area contributed by atoms with Crippen LogP contribution in [0.1, 0.15) is 17.0 Å². The van der Waals surface area contributed by atoms with Gasteiger partial charge >= 0.3 is 0 Å². The number of nitrogens with zero attached hydrogens (tertiary/aromatic N) is 4. The summed E-state index contributed by atoms with van der Waals surface area (Å²) in [6.45, 7) is 1.86. The van der Waals surface area contributed by atoms with E-state index in [1.807, 2.05) is 25.1 Å². The van der Waals surface area contributed by atoms with Gasteiger partial charge in [-0.2, -0.15) is 5.10 Å². The van der Waals surface area contributed by atoms with Crippen molar-refractivity contribution in [2.75, 3.05) is 0 Å². The Bertz CT molecular complexity index is 811. The molecule has 0 aliphatic rings. The zero-order chi connectivity index (χ0) is 14.7. The van der Waals surface area contributed by atoms with E-state index >= 15 is 0 Å². The summed E-state index contributed by atoms with van der Waals surface area (Å²) in [6, 6.07) is 8.48. The van der Waals surface area contributed by atoms with Gasteiger partial charge < -0.3 is 0 Å².